The average molecular weight is 301 g/mol. The van der Waals surface area contributed by atoms with Gasteiger partial charge in [-0.05, 0) is 15.9 Å². The number of esters is 1. The highest BCUT2D eigenvalue weighted by Gasteiger charge is 2.40. The van der Waals surface area contributed by atoms with E-state index >= 15 is 0 Å². The molecule has 0 fully saturated rings. The maximum atomic E-state index is 10.4. The Labute approximate surface area is 99.8 Å². The molecule has 0 heterocycles. The molecule has 0 rings (SSSR count). The van der Waals surface area contributed by atoms with Gasteiger partial charge in [-0.15, -0.1) is 0 Å². The Kier molecular flexibility index (Phi) is 6.05. The summed E-state index contributed by atoms with van der Waals surface area (Å²) in [4.78, 5) is 20.7. The normalized spacial score (nSPS) is 20.4. The monoisotopic (exact) mass is 300 g/mol. The van der Waals surface area contributed by atoms with Crippen LogP contribution in [0, 0.1) is 0 Å². The van der Waals surface area contributed by atoms with E-state index in [0.717, 1.165) is 6.92 Å². The van der Waals surface area contributed by atoms with Gasteiger partial charge >= 0.3 is 5.97 Å². The minimum atomic E-state index is -2.37. The summed E-state index contributed by atoms with van der Waals surface area (Å²) in [6, 6.07) is 0. The van der Waals surface area contributed by atoms with Crippen molar-refractivity contribution in [1.82, 2.24) is 0 Å². The molecule has 0 aromatic heterocycles. The zero-order valence-corrected chi connectivity index (χ0v) is 9.99. The second-order valence-electron chi connectivity index (χ2n) is 3.15. The molecule has 0 saturated heterocycles. The summed E-state index contributed by atoms with van der Waals surface area (Å²) < 4.78 is 2.00. The van der Waals surface area contributed by atoms with Gasteiger partial charge in [-0.3, -0.25) is 9.59 Å². The zero-order chi connectivity index (χ0) is 12.9. The van der Waals surface area contributed by atoms with E-state index in [4.69, 9.17) is 0 Å². The molecule has 7 nitrogen and oxygen atoms in total. The molecular formula is C8H13BrO7. The molecule has 94 valence electrons. The highest BCUT2D eigenvalue weighted by molar-refractivity contribution is 9.10. The zero-order valence-electron chi connectivity index (χ0n) is 8.41. The number of hydrogen-bond donors (Lipinski definition) is 4. The lowest BCUT2D eigenvalue weighted by atomic mass is 10.0. The van der Waals surface area contributed by atoms with E-state index in [0.29, 0.717) is 0 Å². The molecule has 0 aromatic carbocycles. The van der Waals surface area contributed by atoms with Crippen molar-refractivity contribution in [3.8, 4) is 0 Å². The maximum absolute atomic E-state index is 10.4. The first-order valence-corrected chi connectivity index (χ1v) is 5.07. The fourth-order valence-electron chi connectivity index (χ4n) is 0.821. The molecule has 0 saturated carbocycles. The smallest absolute Gasteiger partial charge is 0.302 e. The van der Waals surface area contributed by atoms with Crippen molar-refractivity contribution in [2.75, 3.05) is 6.61 Å². The maximum Gasteiger partial charge on any atom is 0.302 e. The van der Waals surface area contributed by atoms with Crippen LogP contribution in [0.3, 0.4) is 0 Å². The number of aliphatic hydroxyl groups excluding tert-OH is 3. The second-order valence-corrected chi connectivity index (χ2v) is 4.42. The van der Waals surface area contributed by atoms with Crippen LogP contribution in [0.4, 0.5) is 0 Å². The number of carbonyl (C=O) groups excluding carboxylic acids is 2. The van der Waals surface area contributed by atoms with Crippen LogP contribution >= 0.6 is 15.9 Å². The summed E-state index contributed by atoms with van der Waals surface area (Å²) in [5.41, 5.74) is 0. The Morgan fingerprint density at radius 3 is 2.38 bits per heavy atom. The van der Waals surface area contributed by atoms with E-state index in [1.807, 2.05) is 0 Å². The number of aliphatic hydroxyl groups is 4. The third kappa shape index (κ3) is 4.54. The molecule has 4 N–H and O–H groups in total. The van der Waals surface area contributed by atoms with Crippen molar-refractivity contribution in [3.05, 3.63) is 0 Å². The third-order valence-corrected chi connectivity index (χ3v) is 2.41. The van der Waals surface area contributed by atoms with Crippen LogP contribution < -0.4 is 0 Å². The van der Waals surface area contributed by atoms with E-state index < -0.39 is 35.4 Å². The van der Waals surface area contributed by atoms with Crippen molar-refractivity contribution in [2.45, 2.75) is 29.7 Å². The Hall–Kier alpha value is -0.540. The Balaban J connectivity index is 4.37. The van der Waals surface area contributed by atoms with Crippen molar-refractivity contribution in [2.24, 2.45) is 0 Å². The van der Waals surface area contributed by atoms with Crippen molar-refractivity contribution in [3.63, 3.8) is 0 Å². The predicted molar refractivity (Wildman–Crippen MR) is 54.6 cm³/mol. The number of carbonyl (C=O) groups is 2. The number of aldehydes is 1. The molecule has 0 radical (unpaired) electrons. The lowest BCUT2D eigenvalue weighted by Gasteiger charge is -2.28. The van der Waals surface area contributed by atoms with Gasteiger partial charge in [-0.2, -0.15) is 0 Å². The number of halogens is 1. The SMILES string of the molecule is CC(=O)OC[C@@H](O)[C@@H](O)[C@H](O)[C@](O)(Br)C=O. The van der Waals surface area contributed by atoms with Gasteiger partial charge in [0.05, 0.1) is 0 Å². The van der Waals surface area contributed by atoms with E-state index in [1.165, 1.54) is 0 Å². The molecule has 0 aromatic rings. The summed E-state index contributed by atoms with van der Waals surface area (Å²) >= 11 is 2.45. The summed E-state index contributed by atoms with van der Waals surface area (Å²) in [6.07, 6.45) is -5.48. The molecule has 16 heavy (non-hydrogen) atoms. The van der Waals surface area contributed by atoms with Gasteiger partial charge in [-0.25, -0.2) is 0 Å². The van der Waals surface area contributed by atoms with E-state index in [-0.39, 0.29) is 6.29 Å². The summed E-state index contributed by atoms with van der Waals surface area (Å²) in [5, 5.41) is 37.1. The molecule has 0 unspecified atom stereocenters. The van der Waals surface area contributed by atoms with Crippen LogP contribution in [0.1, 0.15) is 6.92 Å². The standard InChI is InChI=1S/C8H13BrO7/c1-4(11)16-2-5(12)6(13)7(14)8(9,15)3-10/h3,5-7,12-15H,2H2,1H3/t5-,6-,7+,8+/m1/s1. The highest BCUT2D eigenvalue weighted by Crippen LogP contribution is 2.20. The van der Waals surface area contributed by atoms with Crippen LogP contribution in [-0.2, 0) is 14.3 Å². The molecule has 8 heteroatoms. The van der Waals surface area contributed by atoms with Crippen molar-refractivity contribution < 1.29 is 34.8 Å². The number of ether oxygens (including phenoxy) is 1. The first-order valence-electron chi connectivity index (χ1n) is 4.27. The lowest BCUT2D eigenvalue weighted by Crippen LogP contribution is -2.51. The van der Waals surface area contributed by atoms with Gasteiger partial charge in [0.2, 0.25) is 4.51 Å². The Morgan fingerprint density at radius 2 is 2.00 bits per heavy atom. The minimum absolute atomic E-state index is 0.0422. The fourth-order valence-corrected chi connectivity index (χ4v) is 1.09. The molecule has 0 aliphatic carbocycles. The molecule has 0 amide bonds. The number of hydrogen-bond acceptors (Lipinski definition) is 7. The molecular weight excluding hydrogens is 288 g/mol. The van der Waals surface area contributed by atoms with Gasteiger partial charge in [0, 0.05) is 6.92 Å². The van der Waals surface area contributed by atoms with Crippen molar-refractivity contribution in [1.29, 1.82) is 0 Å². The van der Waals surface area contributed by atoms with Gasteiger partial charge in [-0.1, -0.05) is 0 Å². The van der Waals surface area contributed by atoms with Crippen molar-refractivity contribution >= 4 is 28.2 Å². The van der Waals surface area contributed by atoms with E-state index in [9.17, 15) is 30.0 Å². The fraction of sp³-hybridized carbons (Fsp3) is 0.750. The molecule has 4 atom stereocenters. The summed E-state index contributed by atoms with van der Waals surface area (Å²) in [6.45, 7) is 0.539. The largest absolute Gasteiger partial charge is 0.463 e. The third-order valence-electron chi connectivity index (χ3n) is 1.76. The summed E-state index contributed by atoms with van der Waals surface area (Å²) in [5.74, 6) is -0.676. The first kappa shape index (κ1) is 15.5. The predicted octanol–water partition coefficient (Wildman–Crippen LogP) is -2.09. The van der Waals surface area contributed by atoms with Gasteiger partial charge in [0.1, 0.15) is 24.9 Å². The molecule has 0 aliphatic heterocycles. The minimum Gasteiger partial charge on any atom is -0.463 e. The molecule has 0 bridgehead atoms. The average Bonchev–Trinajstić information content (AvgIpc) is 2.23. The van der Waals surface area contributed by atoms with Crippen LogP contribution in [0.5, 0.6) is 0 Å². The van der Waals surface area contributed by atoms with Crippen LogP contribution in [-0.4, -0.2) is 62.1 Å². The van der Waals surface area contributed by atoms with Crippen LogP contribution in [0.25, 0.3) is 0 Å². The Morgan fingerprint density at radius 1 is 1.50 bits per heavy atom. The van der Waals surface area contributed by atoms with Gasteiger partial charge in [0.25, 0.3) is 0 Å². The highest BCUT2D eigenvalue weighted by atomic mass is 79.9. The first-order chi connectivity index (χ1) is 7.22. The lowest BCUT2D eigenvalue weighted by molar-refractivity contribution is -0.156. The van der Waals surface area contributed by atoms with Crippen LogP contribution in [0.2, 0.25) is 0 Å². The van der Waals surface area contributed by atoms with Gasteiger partial charge in [0.15, 0.2) is 6.29 Å². The number of rotatable bonds is 6. The quantitative estimate of drug-likeness (QED) is 0.252. The van der Waals surface area contributed by atoms with E-state index in [1.54, 1.807) is 0 Å². The van der Waals surface area contributed by atoms with Gasteiger partial charge < -0.3 is 25.2 Å². The number of alkyl halides is 1. The summed E-state index contributed by atoms with van der Waals surface area (Å²) in [7, 11) is 0. The molecule has 0 spiro atoms. The van der Waals surface area contributed by atoms with Crippen LogP contribution in [0.15, 0.2) is 0 Å². The molecule has 0 aliphatic rings. The Bertz CT molecular complexity index is 255. The topological polar surface area (TPSA) is 124 Å². The second kappa shape index (κ2) is 6.26. The van der Waals surface area contributed by atoms with E-state index in [2.05, 4.69) is 20.7 Å².